The molecule has 3 aromatic heterocycles. The minimum atomic E-state index is -0.627. The predicted molar refractivity (Wildman–Crippen MR) is 123 cm³/mol. The van der Waals surface area contributed by atoms with Gasteiger partial charge in [-0.1, -0.05) is 6.07 Å². The minimum absolute atomic E-state index is 0.218. The fourth-order valence-corrected chi connectivity index (χ4v) is 4.85. The lowest BCUT2D eigenvalue weighted by molar-refractivity contribution is 0.0479. The maximum Gasteiger partial charge on any atom is 0.348 e. The van der Waals surface area contributed by atoms with Crippen molar-refractivity contribution in [1.82, 2.24) is 9.55 Å². The van der Waals surface area contributed by atoms with Crippen molar-refractivity contribution in [2.75, 3.05) is 13.4 Å². The molecule has 1 aromatic carbocycles. The lowest BCUT2D eigenvalue weighted by Gasteiger charge is -2.11. The molecule has 0 fully saturated rings. The standard InChI is InChI=1S/C24H20N2O6S/c1-13-7-17(14(2)26(13)10-15-3-4-19-20(8-15)32-12-31-19)18(27)11-30-24(29)21-9-16-5-6-25-23(28)22(16)33-21/h3-9H,10-12H2,1-2H3,(H,25,28). The maximum atomic E-state index is 12.8. The van der Waals surface area contributed by atoms with E-state index in [0.717, 1.165) is 34.0 Å². The van der Waals surface area contributed by atoms with Crippen LogP contribution in [0.5, 0.6) is 11.5 Å². The van der Waals surface area contributed by atoms with E-state index in [2.05, 4.69) is 4.98 Å². The van der Waals surface area contributed by atoms with Crippen molar-refractivity contribution in [2.24, 2.45) is 0 Å². The van der Waals surface area contributed by atoms with Crippen molar-refractivity contribution in [3.05, 3.63) is 80.3 Å². The highest BCUT2D eigenvalue weighted by Gasteiger charge is 2.20. The summed E-state index contributed by atoms with van der Waals surface area (Å²) in [7, 11) is 0. The average molecular weight is 464 g/mol. The first-order valence-corrected chi connectivity index (χ1v) is 11.1. The Morgan fingerprint density at radius 3 is 2.76 bits per heavy atom. The number of aryl methyl sites for hydroxylation is 1. The summed E-state index contributed by atoms with van der Waals surface area (Å²) in [5.74, 6) is 0.521. The molecule has 0 unspecified atom stereocenters. The van der Waals surface area contributed by atoms with Crippen LogP contribution in [0.1, 0.15) is 37.0 Å². The second-order valence-electron chi connectivity index (χ2n) is 7.76. The zero-order chi connectivity index (χ0) is 23.1. The number of hydrogen-bond acceptors (Lipinski definition) is 7. The van der Waals surface area contributed by atoms with Gasteiger partial charge in [-0.15, -0.1) is 11.3 Å². The van der Waals surface area contributed by atoms with Crippen LogP contribution in [-0.4, -0.2) is 34.7 Å². The SMILES string of the molecule is Cc1cc(C(=O)COC(=O)c2cc3cc[nH]c(=O)c3s2)c(C)n1Cc1ccc2c(c1)OCO2. The number of H-pyrrole nitrogens is 1. The summed E-state index contributed by atoms with van der Waals surface area (Å²) in [6.45, 7) is 4.20. The molecule has 9 heteroatoms. The van der Waals surface area contributed by atoms with Crippen LogP contribution in [0.4, 0.5) is 0 Å². The van der Waals surface area contributed by atoms with Crippen LogP contribution in [-0.2, 0) is 11.3 Å². The first-order valence-electron chi connectivity index (χ1n) is 10.3. The van der Waals surface area contributed by atoms with Gasteiger partial charge in [-0.3, -0.25) is 9.59 Å². The number of nitrogens with one attached hydrogen (secondary N) is 1. The second-order valence-corrected chi connectivity index (χ2v) is 8.81. The quantitative estimate of drug-likeness (QED) is 0.344. The number of thiophene rings is 1. The number of hydrogen-bond donors (Lipinski definition) is 1. The Hall–Kier alpha value is -3.85. The Morgan fingerprint density at radius 1 is 1.12 bits per heavy atom. The van der Waals surface area contributed by atoms with Gasteiger partial charge < -0.3 is 23.8 Å². The fraction of sp³-hybridized carbons (Fsp3) is 0.208. The predicted octanol–water partition coefficient (Wildman–Crippen LogP) is 3.82. The van der Waals surface area contributed by atoms with Gasteiger partial charge in [-0.2, -0.15) is 0 Å². The molecule has 0 atom stereocenters. The summed E-state index contributed by atoms with van der Waals surface area (Å²) in [4.78, 5) is 40.0. The van der Waals surface area contributed by atoms with Crippen LogP contribution < -0.4 is 15.0 Å². The molecule has 1 aliphatic heterocycles. The summed E-state index contributed by atoms with van der Waals surface area (Å²) in [5.41, 5.74) is 2.98. The van der Waals surface area contributed by atoms with Crippen LogP contribution in [0, 0.1) is 13.8 Å². The van der Waals surface area contributed by atoms with Gasteiger partial charge in [0, 0.05) is 35.1 Å². The maximum absolute atomic E-state index is 12.8. The first kappa shape index (κ1) is 21.0. The number of esters is 1. The Balaban J connectivity index is 1.29. The van der Waals surface area contributed by atoms with E-state index in [1.807, 2.05) is 36.6 Å². The van der Waals surface area contributed by atoms with E-state index in [4.69, 9.17) is 14.2 Å². The molecule has 33 heavy (non-hydrogen) atoms. The summed E-state index contributed by atoms with van der Waals surface area (Å²) in [5, 5.41) is 0.661. The van der Waals surface area contributed by atoms with E-state index in [1.54, 1.807) is 18.2 Å². The normalized spacial score (nSPS) is 12.3. The molecule has 0 saturated heterocycles. The van der Waals surface area contributed by atoms with Crippen LogP contribution in [0.15, 0.2) is 47.4 Å². The van der Waals surface area contributed by atoms with Crippen molar-refractivity contribution in [3.63, 3.8) is 0 Å². The molecule has 5 rings (SSSR count). The molecule has 0 saturated carbocycles. The summed E-state index contributed by atoms with van der Waals surface area (Å²) in [6.07, 6.45) is 1.52. The van der Waals surface area contributed by atoms with Crippen LogP contribution in [0.2, 0.25) is 0 Å². The zero-order valence-electron chi connectivity index (χ0n) is 18.0. The van der Waals surface area contributed by atoms with Crippen molar-refractivity contribution < 1.29 is 23.8 Å². The topological polar surface area (TPSA) is 99.6 Å². The third kappa shape index (κ3) is 3.91. The number of rotatable bonds is 6. The molecule has 0 amide bonds. The number of aromatic nitrogens is 2. The molecule has 4 aromatic rings. The number of carbonyl (C=O) groups is 2. The zero-order valence-corrected chi connectivity index (χ0v) is 18.8. The minimum Gasteiger partial charge on any atom is -0.454 e. The van der Waals surface area contributed by atoms with Gasteiger partial charge in [0.05, 0.1) is 0 Å². The number of nitrogens with zero attached hydrogens (tertiary/aromatic N) is 1. The van der Waals surface area contributed by atoms with Crippen molar-refractivity contribution >= 4 is 33.2 Å². The molecule has 1 aliphatic rings. The van der Waals surface area contributed by atoms with Gasteiger partial charge in [-0.05, 0) is 49.7 Å². The molecule has 4 heterocycles. The van der Waals surface area contributed by atoms with E-state index in [0.29, 0.717) is 27.9 Å². The number of fused-ring (bicyclic) bond motifs is 2. The summed E-state index contributed by atoms with van der Waals surface area (Å²) < 4.78 is 18.5. The molecular formula is C24H20N2O6S. The molecule has 0 spiro atoms. The van der Waals surface area contributed by atoms with Crippen LogP contribution >= 0.6 is 11.3 Å². The van der Waals surface area contributed by atoms with Crippen molar-refractivity contribution in [1.29, 1.82) is 0 Å². The van der Waals surface area contributed by atoms with E-state index in [9.17, 15) is 14.4 Å². The lowest BCUT2D eigenvalue weighted by atomic mass is 10.1. The number of carbonyl (C=O) groups excluding carboxylic acids is 2. The van der Waals surface area contributed by atoms with E-state index < -0.39 is 5.97 Å². The third-order valence-electron chi connectivity index (χ3n) is 5.63. The Bertz CT molecular complexity index is 1460. The van der Waals surface area contributed by atoms with Crippen molar-refractivity contribution in [2.45, 2.75) is 20.4 Å². The highest BCUT2D eigenvalue weighted by Crippen LogP contribution is 2.33. The molecule has 0 radical (unpaired) electrons. The van der Waals surface area contributed by atoms with Crippen molar-refractivity contribution in [3.8, 4) is 11.5 Å². The average Bonchev–Trinajstić information content (AvgIpc) is 3.51. The number of pyridine rings is 1. The van der Waals surface area contributed by atoms with Crippen LogP contribution in [0.3, 0.4) is 0 Å². The molecule has 1 N–H and O–H groups in total. The third-order valence-corrected chi connectivity index (χ3v) is 6.76. The Morgan fingerprint density at radius 2 is 1.94 bits per heavy atom. The monoisotopic (exact) mass is 464 g/mol. The Labute approximate surface area is 192 Å². The highest BCUT2D eigenvalue weighted by atomic mass is 32.1. The largest absolute Gasteiger partial charge is 0.454 e. The number of benzene rings is 1. The molecule has 0 bridgehead atoms. The van der Waals surface area contributed by atoms with Gasteiger partial charge >= 0.3 is 5.97 Å². The fourth-order valence-electron chi connectivity index (χ4n) is 3.91. The smallest absolute Gasteiger partial charge is 0.348 e. The summed E-state index contributed by atoms with van der Waals surface area (Å²) in [6, 6.07) is 10.9. The van der Waals surface area contributed by atoms with E-state index in [1.165, 1.54) is 6.20 Å². The Kier molecular flexibility index (Phi) is 5.26. The number of ketones is 1. The second kappa shape index (κ2) is 8.25. The van der Waals surface area contributed by atoms with Gasteiger partial charge in [0.25, 0.3) is 5.56 Å². The van der Waals surface area contributed by atoms with Gasteiger partial charge in [-0.25, -0.2) is 4.79 Å². The van der Waals surface area contributed by atoms with Gasteiger partial charge in [0.2, 0.25) is 12.6 Å². The van der Waals surface area contributed by atoms with E-state index in [-0.39, 0.29) is 29.6 Å². The summed E-state index contributed by atoms with van der Waals surface area (Å²) >= 11 is 1.05. The highest BCUT2D eigenvalue weighted by molar-refractivity contribution is 7.20. The van der Waals surface area contributed by atoms with E-state index >= 15 is 0 Å². The van der Waals surface area contributed by atoms with Crippen LogP contribution in [0.25, 0.3) is 10.1 Å². The number of ether oxygens (including phenoxy) is 3. The molecule has 168 valence electrons. The molecule has 8 nitrogen and oxygen atoms in total. The molecular weight excluding hydrogens is 444 g/mol. The molecule has 0 aliphatic carbocycles. The van der Waals surface area contributed by atoms with Gasteiger partial charge in [0.15, 0.2) is 18.1 Å². The first-order chi connectivity index (χ1) is 15.9. The number of Topliss-reactive ketones (excluding diaryl/α,β-unsaturated/α-hetero) is 1. The van der Waals surface area contributed by atoms with Gasteiger partial charge in [0.1, 0.15) is 9.58 Å². The number of aromatic amines is 1. The lowest BCUT2D eigenvalue weighted by Crippen LogP contribution is -2.14.